The number of carbonyl (C=O) groups excluding carboxylic acids is 2. The fourth-order valence-electron chi connectivity index (χ4n) is 2.76. The van der Waals surface area contributed by atoms with Gasteiger partial charge in [0.15, 0.2) is 5.82 Å². The number of ether oxygens (including phenoxy) is 1. The Morgan fingerprint density at radius 1 is 1.27 bits per heavy atom. The van der Waals surface area contributed by atoms with Crippen molar-refractivity contribution >= 4 is 23.4 Å². The van der Waals surface area contributed by atoms with Crippen LogP contribution in [-0.2, 0) is 20.9 Å². The predicted molar refractivity (Wildman–Crippen MR) is 98.5 cm³/mol. The monoisotopic (exact) mass is 366 g/mol. The van der Waals surface area contributed by atoms with Gasteiger partial charge in [-0.05, 0) is 12.5 Å². The van der Waals surface area contributed by atoms with E-state index in [9.17, 15) is 14.0 Å². The number of nitrogens with zero attached hydrogens (tertiary/aromatic N) is 2. The lowest BCUT2D eigenvalue weighted by Crippen LogP contribution is -2.33. The first-order valence-corrected chi connectivity index (χ1v) is 8.15. The molecule has 0 aromatic heterocycles. The minimum Gasteiger partial charge on any atom is -0.460 e. The van der Waals surface area contributed by atoms with Crippen LogP contribution in [0.5, 0.6) is 0 Å². The van der Waals surface area contributed by atoms with Crippen LogP contribution in [0, 0.1) is 11.2 Å². The summed E-state index contributed by atoms with van der Waals surface area (Å²) in [5, 5.41) is 7.05. The Balaban J connectivity index is 0.00000338. The molecular formula is C18H27FN4O3. The van der Waals surface area contributed by atoms with Crippen LogP contribution in [0.2, 0.25) is 0 Å². The number of hydrogen-bond donors (Lipinski definition) is 2. The first kappa shape index (κ1) is 21.4. The van der Waals surface area contributed by atoms with E-state index in [0.29, 0.717) is 31.9 Å². The van der Waals surface area contributed by atoms with Gasteiger partial charge in [0.2, 0.25) is 5.91 Å². The van der Waals surface area contributed by atoms with Crippen LogP contribution in [0.15, 0.2) is 18.2 Å². The molecule has 0 aliphatic carbocycles. The highest BCUT2D eigenvalue weighted by Gasteiger charge is 2.20. The Morgan fingerprint density at radius 3 is 2.65 bits per heavy atom. The number of nitrogens with one attached hydrogen (secondary N) is 1. The van der Waals surface area contributed by atoms with Crippen molar-refractivity contribution in [2.45, 2.75) is 33.8 Å². The summed E-state index contributed by atoms with van der Waals surface area (Å²) in [6.07, 6.45) is 0.450. The molecule has 1 heterocycles. The zero-order valence-corrected chi connectivity index (χ0v) is 14.3. The molecular weight excluding hydrogens is 339 g/mol. The lowest BCUT2D eigenvalue weighted by molar-refractivity contribution is -0.143. The molecule has 144 valence electrons. The van der Waals surface area contributed by atoms with E-state index >= 15 is 0 Å². The van der Waals surface area contributed by atoms with Gasteiger partial charge in [-0.15, -0.1) is 0 Å². The Morgan fingerprint density at radius 2 is 2.00 bits per heavy atom. The number of hydrogen-bond acceptors (Lipinski definition) is 5. The zero-order chi connectivity index (χ0) is 18.4. The van der Waals surface area contributed by atoms with E-state index in [-0.39, 0.29) is 37.8 Å². The molecule has 0 radical (unpaired) electrons. The van der Waals surface area contributed by atoms with E-state index in [2.05, 4.69) is 0 Å². The van der Waals surface area contributed by atoms with Gasteiger partial charge in [-0.3, -0.25) is 15.0 Å². The average Bonchev–Trinajstić information content (AvgIpc) is 2.79. The molecule has 0 bridgehead atoms. The molecule has 0 spiro atoms. The maximum atomic E-state index is 14.8. The van der Waals surface area contributed by atoms with Crippen molar-refractivity contribution in [1.29, 1.82) is 5.41 Å². The molecule has 1 aromatic rings. The Bertz CT molecular complexity index is 666. The second-order valence-electron chi connectivity index (χ2n) is 5.96. The third-order valence-corrected chi connectivity index (χ3v) is 4.06. The molecule has 0 saturated carbocycles. The molecule has 1 aliphatic rings. The van der Waals surface area contributed by atoms with Crippen molar-refractivity contribution in [3.63, 3.8) is 0 Å². The number of benzene rings is 1. The topological polar surface area (TPSA) is 99.7 Å². The van der Waals surface area contributed by atoms with Crippen LogP contribution >= 0.6 is 0 Å². The van der Waals surface area contributed by atoms with Crippen LogP contribution in [0.25, 0.3) is 0 Å². The average molecular weight is 366 g/mol. The van der Waals surface area contributed by atoms with Crippen molar-refractivity contribution in [3.8, 4) is 0 Å². The number of amides is 1. The number of rotatable bonds is 5. The van der Waals surface area contributed by atoms with E-state index in [1.54, 1.807) is 23.1 Å². The Hall–Kier alpha value is -2.64. The molecule has 0 atom stereocenters. The predicted octanol–water partition coefficient (Wildman–Crippen LogP) is 1.89. The van der Waals surface area contributed by atoms with Crippen molar-refractivity contribution in [2.75, 3.05) is 31.1 Å². The van der Waals surface area contributed by atoms with Crippen LogP contribution in [0.3, 0.4) is 0 Å². The summed E-state index contributed by atoms with van der Waals surface area (Å²) in [5.41, 5.74) is 5.84. The van der Waals surface area contributed by atoms with Gasteiger partial charge in [-0.1, -0.05) is 19.6 Å². The Kier molecular flexibility index (Phi) is 8.02. The molecule has 0 unspecified atom stereocenters. The first-order valence-electron chi connectivity index (χ1n) is 8.15. The normalized spacial score (nSPS) is 14.2. The molecule has 3 N–H and O–H groups in total. The third kappa shape index (κ3) is 5.72. The zero-order valence-electron chi connectivity index (χ0n) is 14.3. The largest absolute Gasteiger partial charge is 0.460 e. The van der Waals surface area contributed by atoms with Crippen molar-refractivity contribution in [3.05, 3.63) is 29.6 Å². The summed E-state index contributed by atoms with van der Waals surface area (Å²) in [7, 11) is 0. The number of carbonyl (C=O) groups is 2. The van der Waals surface area contributed by atoms with Crippen LogP contribution in [-0.4, -0.2) is 48.8 Å². The summed E-state index contributed by atoms with van der Waals surface area (Å²) in [6, 6.07) is 4.94. The second-order valence-corrected chi connectivity index (χ2v) is 5.96. The SMILES string of the molecule is C.CC(=O)N1CCCN(c2cccc(COC(=O)CC(=N)N)c2F)CC1. The van der Waals surface area contributed by atoms with E-state index in [4.69, 9.17) is 15.9 Å². The third-order valence-electron chi connectivity index (χ3n) is 4.06. The molecule has 1 aromatic carbocycles. The van der Waals surface area contributed by atoms with Gasteiger partial charge < -0.3 is 20.3 Å². The maximum absolute atomic E-state index is 14.8. The molecule has 26 heavy (non-hydrogen) atoms. The highest BCUT2D eigenvalue weighted by Crippen LogP contribution is 2.24. The van der Waals surface area contributed by atoms with Gasteiger partial charge in [0.1, 0.15) is 18.9 Å². The number of amidine groups is 1. The molecule has 1 saturated heterocycles. The molecule has 1 fully saturated rings. The van der Waals surface area contributed by atoms with Crippen molar-refractivity contribution in [2.24, 2.45) is 5.73 Å². The standard InChI is InChI=1S/C17H23FN4O3.CH4/c1-12(23)21-6-3-7-22(9-8-21)14-5-2-4-13(17(14)18)11-25-16(24)10-15(19)20;/h2,4-5H,3,6-11H2,1H3,(H3,19,20);1H4. The fourth-order valence-corrected chi connectivity index (χ4v) is 2.76. The van der Waals surface area contributed by atoms with E-state index in [0.717, 1.165) is 6.42 Å². The van der Waals surface area contributed by atoms with Gasteiger partial charge in [-0.25, -0.2) is 4.39 Å². The highest BCUT2D eigenvalue weighted by molar-refractivity contribution is 5.94. The Labute approximate surface area is 153 Å². The smallest absolute Gasteiger partial charge is 0.313 e. The van der Waals surface area contributed by atoms with Gasteiger partial charge in [-0.2, -0.15) is 0 Å². The molecule has 2 rings (SSSR count). The fraction of sp³-hybridized carbons (Fsp3) is 0.500. The summed E-state index contributed by atoms with van der Waals surface area (Å²) in [4.78, 5) is 26.6. The summed E-state index contributed by atoms with van der Waals surface area (Å²) < 4.78 is 19.7. The minimum atomic E-state index is -0.663. The number of esters is 1. The molecule has 1 aliphatic heterocycles. The second kappa shape index (κ2) is 9.74. The highest BCUT2D eigenvalue weighted by atomic mass is 19.1. The summed E-state index contributed by atoms with van der Waals surface area (Å²) >= 11 is 0. The number of nitrogens with two attached hydrogens (primary N) is 1. The lowest BCUT2D eigenvalue weighted by atomic mass is 10.1. The van der Waals surface area contributed by atoms with Gasteiger partial charge in [0, 0.05) is 38.7 Å². The van der Waals surface area contributed by atoms with Gasteiger partial charge in [0.05, 0.1) is 5.69 Å². The quantitative estimate of drug-likeness (QED) is 0.471. The van der Waals surface area contributed by atoms with Crippen LogP contribution in [0.1, 0.15) is 32.8 Å². The van der Waals surface area contributed by atoms with Gasteiger partial charge in [0.25, 0.3) is 0 Å². The van der Waals surface area contributed by atoms with Gasteiger partial charge >= 0.3 is 5.97 Å². The molecule has 1 amide bonds. The van der Waals surface area contributed by atoms with E-state index in [1.807, 2.05) is 4.90 Å². The summed E-state index contributed by atoms with van der Waals surface area (Å²) in [6.45, 7) is 3.73. The van der Waals surface area contributed by atoms with Crippen LogP contribution in [0.4, 0.5) is 10.1 Å². The first-order chi connectivity index (χ1) is 11.9. The summed E-state index contributed by atoms with van der Waals surface area (Å²) in [5.74, 6) is -1.37. The lowest BCUT2D eigenvalue weighted by Gasteiger charge is -2.24. The van der Waals surface area contributed by atoms with Crippen molar-refractivity contribution in [1.82, 2.24) is 4.90 Å². The molecule has 7 nitrogen and oxygen atoms in total. The van der Waals surface area contributed by atoms with Crippen LogP contribution < -0.4 is 10.6 Å². The number of halogens is 1. The minimum absolute atomic E-state index is 0. The van der Waals surface area contributed by atoms with Crippen molar-refractivity contribution < 1.29 is 18.7 Å². The van der Waals surface area contributed by atoms with E-state index in [1.165, 1.54) is 6.92 Å². The van der Waals surface area contributed by atoms with E-state index < -0.39 is 11.8 Å². The maximum Gasteiger partial charge on any atom is 0.313 e. The molecule has 8 heteroatoms. The number of anilines is 1.